The van der Waals surface area contributed by atoms with Crippen LogP contribution in [0.5, 0.6) is 0 Å². The summed E-state index contributed by atoms with van der Waals surface area (Å²) in [7, 11) is 0. The first kappa shape index (κ1) is 16.6. The van der Waals surface area contributed by atoms with Crippen LogP contribution in [0.1, 0.15) is 52.4 Å². The van der Waals surface area contributed by atoms with Gasteiger partial charge < -0.3 is 15.3 Å². The summed E-state index contributed by atoms with van der Waals surface area (Å²) in [4.78, 5) is 26.3. The quantitative estimate of drug-likeness (QED) is 0.785. The number of amides is 1. The number of hydrogen-bond donors (Lipinski definition) is 2. The zero-order chi connectivity index (χ0) is 15.5. The molecule has 3 atom stereocenters. The van der Waals surface area contributed by atoms with E-state index in [-0.39, 0.29) is 11.3 Å². The standard InChI is InChI=1S/C15H26N2O3S/c1-3-6-12-17(11(10-21-12)13(18)19)14(20)15(7-4-2)8-5-9-16-15/h11-12,16H,3-10H2,1-2H3,(H,18,19). The van der Waals surface area contributed by atoms with Gasteiger partial charge in [0.05, 0.1) is 10.9 Å². The Balaban J connectivity index is 2.24. The Morgan fingerprint density at radius 1 is 1.38 bits per heavy atom. The van der Waals surface area contributed by atoms with Crippen LogP contribution in [0, 0.1) is 0 Å². The molecule has 0 aliphatic carbocycles. The van der Waals surface area contributed by atoms with Crippen LogP contribution in [-0.2, 0) is 9.59 Å². The van der Waals surface area contributed by atoms with E-state index in [0.29, 0.717) is 5.75 Å². The molecule has 1 amide bonds. The molecule has 120 valence electrons. The summed E-state index contributed by atoms with van der Waals surface area (Å²) in [6, 6.07) is -0.671. The first-order valence-electron chi connectivity index (χ1n) is 7.98. The molecule has 2 N–H and O–H groups in total. The molecular weight excluding hydrogens is 288 g/mol. The Morgan fingerprint density at radius 2 is 2.14 bits per heavy atom. The van der Waals surface area contributed by atoms with Crippen molar-refractivity contribution in [2.45, 2.75) is 69.3 Å². The molecule has 2 aliphatic heterocycles. The van der Waals surface area contributed by atoms with Crippen molar-refractivity contribution >= 4 is 23.6 Å². The smallest absolute Gasteiger partial charge is 0.327 e. The van der Waals surface area contributed by atoms with Crippen molar-refractivity contribution in [3.8, 4) is 0 Å². The number of nitrogens with one attached hydrogen (secondary N) is 1. The van der Waals surface area contributed by atoms with Gasteiger partial charge in [0.1, 0.15) is 6.04 Å². The highest BCUT2D eigenvalue weighted by atomic mass is 32.2. The zero-order valence-electron chi connectivity index (χ0n) is 12.9. The molecule has 5 nitrogen and oxygen atoms in total. The van der Waals surface area contributed by atoms with Gasteiger partial charge in [-0.1, -0.05) is 26.7 Å². The molecule has 0 spiro atoms. The molecule has 2 aliphatic rings. The molecular formula is C15H26N2O3S. The molecule has 2 fully saturated rings. The summed E-state index contributed by atoms with van der Waals surface area (Å²) >= 11 is 1.61. The van der Waals surface area contributed by atoms with E-state index in [4.69, 9.17) is 0 Å². The zero-order valence-corrected chi connectivity index (χ0v) is 13.7. The highest BCUT2D eigenvalue weighted by Crippen LogP contribution is 2.37. The monoisotopic (exact) mass is 314 g/mol. The van der Waals surface area contributed by atoms with Crippen molar-refractivity contribution < 1.29 is 14.7 Å². The lowest BCUT2D eigenvalue weighted by molar-refractivity contribution is -0.152. The van der Waals surface area contributed by atoms with E-state index in [1.165, 1.54) is 0 Å². The Hall–Kier alpha value is -0.750. The summed E-state index contributed by atoms with van der Waals surface area (Å²) in [6.45, 7) is 5.00. The fourth-order valence-corrected chi connectivity index (χ4v) is 4.99. The second-order valence-corrected chi connectivity index (χ2v) is 7.22. The second-order valence-electron chi connectivity index (χ2n) is 6.01. The third kappa shape index (κ3) is 3.21. The maximum absolute atomic E-state index is 13.1. The SMILES string of the molecule is CCCC1SCC(C(=O)O)N1C(=O)C1(CCC)CCCN1. The van der Waals surface area contributed by atoms with Crippen LogP contribution in [-0.4, -0.2) is 51.1 Å². The van der Waals surface area contributed by atoms with Gasteiger partial charge in [0.15, 0.2) is 0 Å². The van der Waals surface area contributed by atoms with E-state index in [1.54, 1.807) is 16.7 Å². The molecule has 0 radical (unpaired) electrons. The van der Waals surface area contributed by atoms with Crippen LogP contribution in [0.2, 0.25) is 0 Å². The average Bonchev–Trinajstić information content (AvgIpc) is 3.06. The van der Waals surface area contributed by atoms with Crippen LogP contribution in [0.15, 0.2) is 0 Å². The molecule has 2 rings (SSSR count). The van der Waals surface area contributed by atoms with Gasteiger partial charge in [-0.25, -0.2) is 4.79 Å². The molecule has 6 heteroatoms. The number of carboxylic acids is 1. The van der Waals surface area contributed by atoms with Gasteiger partial charge in [-0.3, -0.25) is 4.79 Å². The number of nitrogens with zero attached hydrogens (tertiary/aromatic N) is 1. The van der Waals surface area contributed by atoms with Crippen LogP contribution in [0.3, 0.4) is 0 Å². The number of aliphatic carboxylic acids is 1. The minimum atomic E-state index is -0.876. The molecule has 21 heavy (non-hydrogen) atoms. The van der Waals surface area contributed by atoms with Gasteiger partial charge in [0.25, 0.3) is 0 Å². The average molecular weight is 314 g/mol. The molecule has 2 saturated heterocycles. The number of carbonyl (C=O) groups excluding carboxylic acids is 1. The lowest BCUT2D eigenvalue weighted by atomic mass is 9.89. The van der Waals surface area contributed by atoms with Crippen molar-refractivity contribution in [3.05, 3.63) is 0 Å². The normalized spacial score (nSPS) is 32.6. The highest BCUT2D eigenvalue weighted by molar-refractivity contribution is 8.00. The Kier molecular flexibility index (Phi) is 5.54. The predicted molar refractivity (Wildman–Crippen MR) is 84.3 cm³/mol. The number of rotatable bonds is 6. The third-order valence-electron chi connectivity index (χ3n) is 4.48. The van der Waals surface area contributed by atoms with Crippen LogP contribution in [0.4, 0.5) is 0 Å². The van der Waals surface area contributed by atoms with Gasteiger partial charge in [-0.2, -0.15) is 0 Å². The van der Waals surface area contributed by atoms with E-state index in [2.05, 4.69) is 19.2 Å². The number of hydrogen-bond acceptors (Lipinski definition) is 4. The molecule has 0 aromatic rings. The van der Waals surface area contributed by atoms with Crippen LogP contribution in [0.25, 0.3) is 0 Å². The van der Waals surface area contributed by atoms with Crippen molar-refractivity contribution in [2.75, 3.05) is 12.3 Å². The van der Waals surface area contributed by atoms with Crippen molar-refractivity contribution in [2.24, 2.45) is 0 Å². The predicted octanol–water partition coefficient (Wildman–Crippen LogP) is 2.06. The van der Waals surface area contributed by atoms with E-state index in [1.807, 2.05) is 0 Å². The van der Waals surface area contributed by atoms with Crippen molar-refractivity contribution in [1.29, 1.82) is 0 Å². The summed E-state index contributed by atoms with van der Waals surface area (Å²) in [5.41, 5.74) is -0.528. The van der Waals surface area contributed by atoms with Crippen LogP contribution >= 0.6 is 11.8 Å². The summed E-state index contributed by atoms with van der Waals surface area (Å²) < 4.78 is 0. The van der Waals surface area contributed by atoms with Gasteiger partial charge in [0, 0.05) is 5.75 Å². The van der Waals surface area contributed by atoms with Gasteiger partial charge in [-0.05, 0) is 32.2 Å². The first-order valence-corrected chi connectivity index (χ1v) is 9.03. The van der Waals surface area contributed by atoms with Gasteiger partial charge >= 0.3 is 5.97 Å². The topological polar surface area (TPSA) is 69.6 Å². The minimum absolute atomic E-state index is 0.0118. The Bertz CT molecular complexity index is 396. The van der Waals surface area contributed by atoms with Crippen LogP contribution < -0.4 is 5.32 Å². The number of thioether (sulfide) groups is 1. The van der Waals surface area contributed by atoms with E-state index >= 15 is 0 Å². The summed E-state index contributed by atoms with van der Waals surface area (Å²) in [6.07, 6.45) is 5.35. The maximum Gasteiger partial charge on any atom is 0.327 e. The molecule has 0 bridgehead atoms. The molecule has 3 unspecified atom stereocenters. The molecule has 0 saturated carbocycles. The molecule has 0 aromatic carbocycles. The van der Waals surface area contributed by atoms with Crippen molar-refractivity contribution in [3.63, 3.8) is 0 Å². The van der Waals surface area contributed by atoms with Crippen molar-refractivity contribution in [1.82, 2.24) is 10.2 Å². The third-order valence-corrected chi connectivity index (χ3v) is 5.83. The lowest BCUT2D eigenvalue weighted by Crippen LogP contribution is -2.59. The van der Waals surface area contributed by atoms with E-state index < -0.39 is 17.6 Å². The van der Waals surface area contributed by atoms with E-state index in [9.17, 15) is 14.7 Å². The van der Waals surface area contributed by atoms with E-state index in [0.717, 1.165) is 45.1 Å². The maximum atomic E-state index is 13.1. The minimum Gasteiger partial charge on any atom is -0.480 e. The summed E-state index contributed by atoms with van der Waals surface area (Å²) in [5.74, 6) is -0.356. The Morgan fingerprint density at radius 3 is 2.67 bits per heavy atom. The fourth-order valence-electron chi connectivity index (χ4n) is 3.48. The first-order chi connectivity index (χ1) is 10.1. The lowest BCUT2D eigenvalue weighted by Gasteiger charge is -2.37. The fraction of sp³-hybridized carbons (Fsp3) is 0.867. The molecule has 0 aromatic heterocycles. The summed E-state index contributed by atoms with van der Waals surface area (Å²) in [5, 5.41) is 12.8. The Labute approximate surface area is 130 Å². The number of carbonyl (C=O) groups is 2. The van der Waals surface area contributed by atoms with Gasteiger partial charge in [0.2, 0.25) is 5.91 Å². The van der Waals surface area contributed by atoms with Gasteiger partial charge in [-0.15, -0.1) is 11.8 Å². The largest absolute Gasteiger partial charge is 0.480 e. The molecule has 2 heterocycles. The number of carboxylic acid groups (broad SMARTS) is 1. The second kappa shape index (κ2) is 7.01. The highest BCUT2D eigenvalue weighted by Gasteiger charge is 2.50.